The molecule has 29 heavy (non-hydrogen) atoms. The topological polar surface area (TPSA) is 68.2 Å². The molecule has 3 aromatic heterocycles. The lowest BCUT2D eigenvalue weighted by atomic mass is 10.2. The first kappa shape index (κ1) is 19.5. The third-order valence-corrected chi connectivity index (χ3v) is 6.81. The molecule has 1 aromatic carbocycles. The maximum Gasteiger partial charge on any atom is 0.272 e. The van der Waals surface area contributed by atoms with E-state index in [4.69, 9.17) is 9.72 Å². The molecule has 0 saturated carbocycles. The minimum Gasteiger partial charge on any atom is -0.494 e. The van der Waals surface area contributed by atoms with Crippen molar-refractivity contribution in [2.45, 2.75) is 27.3 Å². The van der Waals surface area contributed by atoms with Crippen LogP contribution >= 0.6 is 22.7 Å². The Morgan fingerprint density at radius 2 is 1.93 bits per heavy atom. The number of nitrogens with zero attached hydrogens (tertiary/aromatic N) is 4. The average molecular weight is 425 g/mol. The van der Waals surface area contributed by atoms with E-state index in [0.717, 1.165) is 32.2 Å². The zero-order valence-corrected chi connectivity index (χ0v) is 18.2. The molecule has 1 amide bonds. The number of fused-ring (bicyclic) bond motifs is 1. The lowest BCUT2D eigenvalue weighted by Crippen LogP contribution is -2.30. The van der Waals surface area contributed by atoms with Crippen LogP contribution in [0.1, 0.15) is 31.6 Å². The van der Waals surface area contributed by atoms with Crippen LogP contribution in [0.25, 0.3) is 10.2 Å². The number of benzene rings is 1. The van der Waals surface area contributed by atoms with Gasteiger partial charge in [0.2, 0.25) is 0 Å². The summed E-state index contributed by atoms with van der Waals surface area (Å²) in [6, 6.07) is 9.59. The van der Waals surface area contributed by atoms with Gasteiger partial charge in [0.15, 0.2) is 5.13 Å². The van der Waals surface area contributed by atoms with Gasteiger partial charge in [-0.25, -0.2) is 9.97 Å². The highest BCUT2D eigenvalue weighted by molar-refractivity contribution is 7.22. The normalized spacial score (nSPS) is 11.0. The smallest absolute Gasteiger partial charge is 0.272 e. The van der Waals surface area contributed by atoms with E-state index in [1.165, 1.54) is 22.7 Å². The van der Waals surface area contributed by atoms with Gasteiger partial charge in [-0.15, -0.1) is 11.3 Å². The number of hydrogen-bond acceptors (Lipinski definition) is 7. The number of rotatable bonds is 5. The molecule has 3 heterocycles. The summed E-state index contributed by atoms with van der Waals surface area (Å²) in [5.74, 6) is 0.581. The molecular weight excluding hydrogens is 404 g/mol. The van der Waals surface area contributed by atoms with Crippen LogP contribution in [0, 0.1) is 20.8 Å². The summed E-state index contributed by atoms with van der Waals surface area (Å²) in [4.78, 5) is 29.4. The number of hydrogen-bond donors (Lipinski definition) is 0. The van der Waals surface area contributed by atoms with E-state index in [-0.39, 0.29) is 5.91 Å². The molecule has 0 fully saturated rings. The lowest BCUT2D eigenvalue weighted by molar-refractivity contribution is 0.0988. The Morgan fingerprint density at radius 3 is 2.59 bits per heavy atom. The van der Waals surface area contributed by atoms with Crippen LogP contribution in [0.2, 0.25) is 0 Å². The number of carbonyl (C=O) groups is 1. The first-order valence-corrected chi connectivity index (χ1v) is 10.7. The molecule has 0 atom stereocenters. The zero-order valence-electron chi connectivity index (χ0n) is 16.6. The quantitative estimate of drug-likeness (QED) is 0.454. The molecule has 0 saturated heterocycles. The van der Waals surface area contributed by atoms with Crippen molar-refractivity contribution >= 4 is 43.9 Å². The minimum absolute atomic E-state index is 0.116. The molecule has 0 spiro atoms. The van der Waals surface area contributed by atoms with Gasteiger partial charge < -0.3 is 4.74 Å². The molecule has 0 radical (unpaired) electrons. The second-order valence-electron chi connectivity index (χ2n) is 6.62. The van der Waals surface area contributed by atoms with Gasteiger partial charge in [0.05, 0.1) is 34.7 Å². The molecule has 0 bridgehead atoms. The standard InChI is InChI=1S/C21H20N4O2S2/c1-12-8-9-16(27-4)17-18(12)29-21(24-17)25(11-15-7-5-6-10-22-15)20(26)19-13(2)23-14(3)28-19/h5-10H,11H2,1-4H3. The van der Waals surface area contributed by atoms with Gasteiger partial charge in [-0.2, -0.15) is 0 Å². The van der Waals surface area contributed by atoms with Crippen molar-refractivity contribution in [3.8, 4) is 5.75 Å². The monoisotopic (exact) mass is 424 g/mol. The number of thiazole rings is 2. The molecule has 148 valence electrons. The molecule has 0 aliphatic rings. The van der Waals surface area contributed by atoms with Gasteiger partial charge in [0, 0.05) is 6.20 Å². The van der Waals surface area contributed by atoms with Crippen LogP contribution in [0.5, 0.6) is 5.75 Å². The molecule has 6 nitrogen and oxygen atoms in total. The highest BCUT2D eigenvalue weighted by Gasteiger charge is 2.26. The van der Waals surface area contributed by atoms with Gasteiger partial charge in [-0.3, -0.25) is 14.7 Å². The summed E-state index contributed by atoms with van der Waals surface area (Å²) in [6.45, 7) is 6.13. The molecule has 8 heteroatoms. The highest BCUT2D eigenvalue weighted by atomic mass is 32.1. The highest BCUT2D eigenvalue weighted by Crippen LogP contribution is 2.37. The van der Waals surface area contributed by atoms with Crippen molar-refractivity contribution in [1.29, 1.82) is 0 Å². The molecule has 0 unspecified atom stereocenters. The average Bonchev–Trinajstić information content (AvgIpc) is 3.30. The number of aromatic nitrogens is 3. The van der Waals surface area contributed by atoms with Crippen molar-refractivity contribution < 1.29 is 9.53 Å². The number of methoxy groups -OCH3 is 1. The predicted molar refractivity (Wildman–Crippen MR) is 117 cm³/mol. The Labute approximate surface area is 176 Å². The SMILES string of the molecule is COc1ccc(C)c2sc(N(Cc3ccccn3)C(=O)c3sc(C)nc3C)nc12. The van der Waals surface area contributed by atoms with Crippen LogP contribution in [-0.2, 0) is 6.54 Å². The summed E-state index contributed by atoms with van der Waals surface area (Å²) in [5.41, 5.74) is 3.39. The molecule has 0 aliphatic heterocycles. The molecule has 0 N–H and O–H groups in total. The first-order valence-electron chi connectivity index (χ1n) is 9.08. The van der Waals surface area contributed by atoms with E-state index < -0.39 is 0 Å². The van der Waals surface area contributed by atoms with E-state index in [0.29, 0.717) is 22.3 Å². The van der Waals surface area contributed by atoms with Crippen molar-refractivity contribution in [3.63, 3.8) is 0 Å². The van der Waals surface area contributed by atoms with Crippen molar-refractivity contribution in [3.05, 3.63) is 63.4 Å². The minimum atomic E-state index is -0.116. The second kappa shape index (κ2) is 7.88. The fraction of sp³-hybridized carbons (Fsp3) is 0.238. The maximum atomic E-state index is 13.5. The van der Waals surface area contributed by atoms with Gasteiger partial charge in [-0.05, 0) is 44.5 Å². The Balaban J connectivity index is 1.84. The van der Waals surface area contributed by atoms with E-state index in [9.17, 15) is 4.79 Å². The third kappa shape index (κ3) is 3.73. The number of ether oxygens (including phenoxy) is 1. The molecule has 4 rings (SSSR count). The predicted octanol–water partition coefficient (Wildman–Crippen LogP) is 4.93. The fourth-order valence-electron chi connectivity index (χ4n) is 3.11. The van der Waals surface area contributed by atoms with Crippen LogP contribution in [-0.4, -0.2) is 28.0 Å². The van der Waals surface area contributed by atoms with Gasteiger partial charge in [-0.1, -0.05) is 23.5 Å². The lowest BCUT2D eigenvalue weighted by Gasteiger charge is -2.19. The number of aryl methyl sites for hydroxylation is 3. The van der Waals surface area contributed by atoms with Gasteiger partial charge in [0.1, 0.15) is 16.1 Å². The molecule has 4 aromatic rings. The summed E-state index contributed by atoms with van der Waals surface area (Å²) in [5, 5.41) is 1.49. The van der Waals surface area contributed by atoms with Crippen LogP contribution in [0.3, 0.4) is 0 Å². The zero-order chi connectivity index (χ0) is 20.5. The summed E-state index contributed by atoms with van der Waals surface area (Å²) in [6.07, 6.45) is 1.73. The second-order valence-corrected chi connectivity index (χ2v) is 8.80. The maximum absolute atomic E-state index is 13.5. The van der Waals surface area contributed by atoms with Crippen molar-refractivity contribution in [1.82, 2.24) is 15.0 Å². The largest absolute Gasteiger partial charge is 0.494 e. The summed E-state index contributed by atoms with van der Waals surface area (Å²) >= 11 is 2.89. The van der Waals surface area contributed by atoms with Crippen molar-refractivity contribution in [2.24, 2.45) is 0 Å². The van der Waals surface area contributed by atoms with Crippen LogP contribution < -0.4 is 9.64 Å². The van der Waals surface area contributed by atoms with Crippen LogP contribution in [0.4, 0.5) is 5.13 Å². The molecular formula is C21H20N4O2S2. The van der Waals surface area contributed by atoms with Crippen molar-refractivity contribution in [2.75, 3.05) is 12.0 Å². The third-order valence-electron chi connectivity index (χ3n) is 4.53. The van der Waals surface area contributed by atoms with E-state index in [1.54, 1.807) is 18.2 Å². The first-order chi connectivity index (χ1) is 14.0. The Bertz CT molecular complexity index is 1180. The van der Waals surface area contributed by atoms with E-state index in [2.05, 4.69) is 9.97 Å². The number of pyridine rings is 1. The van der Waals surface area contributed by atoms with E-state index in [1.807, 2.05) is 51.1 Å². The Hall–Kier alpha value is -2.84. The molecule has 0 aliphatic carbocycles. The summed E-state index contributed by atoms with van der Waals surface area (Å²) in [7, 11) is 1.63. The number of anilines is 1. The Kier molecular flexibility index (Phi) is 5.29. The van der Waals surface area contributed by atoms with Gasteiger partial charge >= 0.3 is 0 Å². The number of amides is 1. The number of carbonyl (C=O) groups excluding carboxylic acids is 1. The Morgan fingerprint density at radius 1 is 1.10 bits per heavy atom. The summed E-state index contributed by atoms with van der Waals surface area (Å²) < 4.78 is 6.49. The fourth-order valence-corrected chi connectivity index (χ4v) is 5.03. The van der Waals surface area contributed by atoms with E-state index >= 15 is 0 Å². The van der Waals surface area contributed by atoms with Crippen LogP contribution in [0.15, 0.2) is 36.5 Å². The van der Waals surface area contributed by atoms with Gasteiger partial charge in [0.25, 0.3) is 5.91 Å².